The summed E-state index contributed by atoms with van der Waals surface area (Å²) in [4.78, 5) is 22.0. The minimum Gasteiger partial charge on any atom is -0.308 e. The zero-order valence-electron chi connectivity index (χ0n) is 11.1. The van der Waals surface area contributed by atoms with E-state index >= 15 is 0 Å². The second-order valence-electron chi connectivity index (χ2n) is 4.37. The van der Waals surface area contributed by atoms with Gasteiger partial charge in [-0.15, -0.1) is 0 Å². The number of non-ortho nitro benzene ring substituents is 1. The Morgan fingerprint density at radius 1 is 1.19 bits per heavy atom. The van der Waals surface area contributed by atoms with E-state index < -0.39 is 11.0 Å². The number of carbonyl (C=O) groups is 1. The van der Waals surface area contributed by atoms with E-state index in [9.17, 15) is 14.9 Å². The fourth-order valence-corrected chi connectivity index (χ4v) is 1.89. The van der Waals surface area contributed by atoms with E-state index in [4.69, 9.17) is 11.6 Å². The number of urea groups is 1. The van der Waals surface area contributed by atoms with Crippen LogP contribution >= 0.6 is 11.6 Å². The maximum Gasteiger partial charge on any atom is 0.323 e. The number of rotatable bonds is 3. The fraction of sp³-hybridized carbons (Fsp3) is 0.0714. The van der Waals surface area contributed by atoms with Crippen molar-refractivity contribution in [3.63, 3.8) is 0 Å². The third-order valence-corrected chi connectivity index (χ3v) is 3.01. The van der Waals surface area contributed by atoms with E-state index in [2.05, 4.69) is 10.6 Å². The van der Waals surface area contributed by atoms with Crippen LogP contribution in [0.3, 0.4) is 0 Å². The van der Waals surface area contributed by atoms with Gasteiger partial charge in [0.2, 0.25) is 0 Å². The molecule has 2 rings (SSSR count). The van der Waals surface area contributed by atoms with Gasteiger partial charge in [-0.1, -0.05) is 23.7 Å². The van der Waals surface area contributed by atoms with Gasteiger partial charge in [-0.2, -0.15) is 0 Å². The Labute approximate surface area is 125 Å². The summed E-state index contributed by atoms with van der Waals surface area (Å²) < 4.78 is 0. The molecule has 21 heavy (non-hydrogen) atoms. The number of hydrogen-bond donors (Lipinski definition) is 2. The smallest absolute Gasteiger partial charge is 0.308 e. The minimum atomic E-state index is -0.556. The summed E-state index contributed by atoms with van der Waals surface area (Å²) in [6, 6.07) is 10.6. The first kappa shape index (κ1) is 14.8. The molecule has 2 N–H and O–H groups in total. The number of halogens is 1. The molecule has 0 radical (unpaired) electrons. The number of aryl methyl sites for hydroxylation is 1. The third kappa shape index (κ3) is 3.93. The lowest BCUT2D eigenvalue weighted by Crippen LogP contribution is -2.19. The summed E-state index contributed by atoms with van der Waals surface area (Å²) in [5, 5.41) is 16.1. The largest absolute Gasteiger partial charge is 0.323 e. The van der Waals surface area contributed by atoms with Crippen LogP contribution in [0.1, 0.15) is 5.56 Å². The molecule has 0 spiro atoms. The first-order valence-electron chi connectivity index (χ1n) is 6.04. The molecule has 0 saturated heterocycles. The molecule has 0 aliphatic rings. The van der Waals surface area contributed by atoms with E-state index in [1.165, 1.54) is 18.2 Å². The van der Waals surface area contributed by atoms with Crippen molar-refractivity contribution in [3.05, 3.63) is 63.2 Å². The first-order valence-corrected chi connectivity index (χ1v) is 6.42. The van der Waals surface area contributed by atoms with Gasteiger partial charge in [0.15, 0.2) is 0 Å². The van der Waals surface area contributed by atoms with Gasteiger partial charge < -0.3 is 10.6 Å². The summed E-state index contributed by atoms with van der Waals surface area (Å²) in [6.45, 7) is 1.90. The minimum absolute atomic E-state index is 0.148. The van der Waals surface area contributed by atoms with E-state index in [0.29, 0.717) is 5.69 Å². The predicted octanol–water partition coefficient (Wildman–Crippen LogP) is 4.20. The number of nitrogens with zero attached hydrogens (tertiary/aromatic N) is 1. The van der Waals surface area contributed by atoms with Crippen LogP contribution in [0, 0.1) is 17.0 Å². The second kappa shape index (κ2) is 6.23. The van der Waals surface area contributed by atoms with Gasteiger partial charge in [0.1, 0.15) is 0 Å². The molecule has 0 saturated carbocycles. The molecule has 2 aromatic rings. The molecule has 0 atom stereocenters. The van der Waals surface area contributed by atoms with Crippen molar-refractivity contribution in [1.29, 1.82) is 0 Å². The lowest BCUT2D eigenvalue weighted by molar-refractivity contribution is -0.384. The van der Waals surface area contributed by atoms with Crippen LogP contribution in [0.25, 0.3) is 0 Å². The second-order valence-corrected chi connectivity index (χ2v) is 4.78. The van der Waals surface area contributed by atoms with E-state index in [0.717, 1.165) is 5.56 Å². The van der Waals surface area contributed by atoms with Crippen LogP contribution in [0.2, 0.25) is 5.02 Å². The zero-order valence-corrected chi connectivity index (χ0v) is 11.8. The number of nitro groups is 1. The molecule has 0 fully saturated rings. The van der Waals surface area contributed by atoms with Crippen molar-refractivity contribution in [1.82, 2.24) is 0 Å². The standard InChI is InChI=1S/C14H12ClN3O3/c1-9-3-2-4-10(7-9)16-14(19)17-13-8-11(18(20)21)5-6-12(13)15/h2-8H,1H3,(H2,16,17,19). The number of anilines is 2. The summed E-state index contributed by atoms with van der Waals surface area (Å²) in [5.41, 5.74) is 1.65. The Balaban J connectivity index is 2.12. The molecule has 0 aromatic heterocycles. The van der Waals surface area contributed by atoms with Crippen LogP contribution in [-0.4, -0.2) is 11.0 Å². The molecule has 0 unspecified atom stereocenters. The summed E-state index contributed by atoms with van der Waals surface area (Å²) in [7, 11) is 0. The lowest BCUT2D eigenvalue weighted by atomic mass is 10.2. The molecule has 0 heterocycles. The Hall–Kier alpha value is -2.60. The van der Waals surface area contributed by atoms with E-state index in [1.807, 2.05) is 19.1 Å². The molecule has 0 aliphatic carbocycles. The van der Waals surface area contributed by atoms with Crippen LogP contribution in [-0.2, 0) is 0 Å². The lowest BCUT2D eigenvalue weighted by Gasteiger charge is -2.09. The van der Waals surface area contributed by atoms with Crippen LogP contribution in [0.4, 0.5) is 21.9 Å². The molecule has 2 aromatic carbocycles. The monoisotopic (exact) mass is 305 g/mol. The molecule has 0 aliphatic heterocycles. The Kier molecular flexibility index (Phi) is 4.39. The van der Waals surface area contributed by atoms with Gasteiger partial charge in [-0.05, 0) is 30.7 Å². The van der Waals surface area contributed by atoms with Crippen molar-refractivity contribution in [2.24, 2.45) is 0 Å². The summed E-state index contributed by atoms with van der Waals surface area (Å²) >= 11 is 5.91. The Bertz CT molecular complexity index is 704. The number of carbonyl (C=O) groups excluding carboxylic acids is 1. The number of hydrogen-bond acceptors (Lipinski definition) is 3. The van der Waals surface area contributed by atoms with Crippen LogP contribution in [0.5, 0.6) is 0 Å². The maximum absolute atomic E-state index is 11.9. The summed E-state index contributed by atoms with van der Waals surface area (Å²) in [5.74, 6) is 0. The highest BCUT2D eigenvalue weighted by molar-refractivity contribution is 6.33. The number of amides is 2. The van der Waals surface area contributed by atoms with E-state index in [1.54, 1.807) is 12.1 Å². The van der Waals surface area contributed by atoms with Crippen LogP contribution in [0.15, 0.2) is 42.5 Å². The zero-order chi connectivity index (χ0) is 15.4. The van der Waals surface area contributed by atoms with Crippen molar-refractivity contribution in [2.45, 2.75) is 6.92 Å². The topological polar surface area (TPSA) is 84.3 Å². The first-order chi connectivity index (χ1) is 9.95. The van der Waals surface area contributed by atoms with Gasteiger partial charge in [0.25, 0.3) is 5.69 Å². The van der Waals surface area contributed by atoms with Gasteiger partial charge in [-0.3, -0.25) is 10.1 Å². The maximum atomic E-state index is 11.9. The number of nitrogens with one attached hydrogen (secondary N) is 2. The summed E-state index contributed by atoms with van der Waals surface area (Å²) in [6.07, 6.45) is 0. The predicted molar refractivity (Wildman–Crippen MR) is 81.9 cm³/mol. The quantitative estimate of drug-likeness (QED) is 0.658. The molecular weight excluding hydrogens is 294 g/mol. The van der Waals surface area contributed by atoms with E-state index in [-0.39, 0.29) is 16.4 Å². The van der Waals surface area contributed by atoms with Gasteiger partial charge in [0, 0.05) is 17.8 Å². The third-order valence-electron chi connectivity index (χ3n) is 2.68. The Morgan fingerprint density at radius 2 is 1.95 bits per heavy atom. The van der Waals surface area contributed by atoms with Gasteiger partial charge in [0.05, 0.1) is 15.6 Å². The van der Waals surface area contributed by atoms with Gasteiger partial charge >= 0.3 is 6.03 Å². The van der Waals surface area contributed by atoms with Crippen molar-refractivity contribution in [2.75, 3.05) is 10.6 Å². The normalized spacial score (nSPS) is 10.0. The number of benzene rings is 2. The molecule has 7 heteroatoms. The fourth-order valence-electron chi connectivity index (χ4n) is 1.73. The molecule has 6 nitrogen and oxygen atoms in total. The molecule has 0 bridgehead atoms. The number of nitro benzene ring substituents is 1. The highest BCUT2D eigenvalue weighted by Crippen LogP contribution is 2.26. The highest BCUT2D eigenvalue weighted by Gasteiger charge is 2.12. The Morgan fingerprint density at radius 3 is 2.62 bits per heavy atom. The molecule has 2 amide bonds. The highest BCUT2D eigenvalue weighted by atomic mass is 35.5. The van der Waals surface area contributed by atoms with Crippen molar-refractivity contribution in [3.8, 4) is 0 Å². The molecular formula is C14H12ClN3O3. The van der Waals surface area contributed by atoms with Gasteiger partial charge in [-0.25, -0.2) is 4.79 Å². The van der Waals surface area contributed by atoms with Crippen LogP contribution < -0.4 is 10.6 Å². The average molecular weight is 306 g/mol. The van der Waals surface area contributed by atoms with Crippen molar-refractivity contribution >= 4 is 34.7 Å². The molecule has 108 valence electrons. The SMILES string of the molecule is Cc1cccc(NC(=O)Nc2cc([N+](=O)[O-])ccc2Cl)c1. The van der Waals surface area contributed by atoms with Crippen molar-refractivity contribution < 1.29 is 9.72 Å². The average Bonchev–Trinajstić information content (AvgIpc) is 2.41.